The number of nitrogens with zero attached hydrogens (tertiary/aromatic N) is 2. The number of rotatable bonds is 10. The Morgan fingerprint density at radius 1 is 1.06 bits per heavy atom. The molecule has 0 spiro atoms. The topological polar surface area (TPSA) is 110 Å². The number of anilines is 1. The number of carbonyl (C=O) groups excluding carboxylic acids is 2. The fourth-order valence-corrected chi connectivity index (χ4v) is 3.66. The summed E-state index contributed by atoms with van der Waals surface area (Å²) in [5, 5.41) is 4.92. The lowest BCUT2D eigenvalue weighted by Gasteiger charge is -2.17. The maximum absolute atomic E-state index is 15.8. The monoisotopic (exact) mass is 497 g/mol. The van der Waals surface area contributed by atoms with Gasteiger partial charge in [0.2, 0.25) is 0 Å². The molecule has 0 aliphatic heterocycles. The quantitative estimate of drug-likeness (QED) is 0.362. The van der Waals surface area contributed by atoms with Crippen LogP contribution >= 0.6 is 0 Å². The molecule has 190 valence electrons. The van der Waals surface area contributed by atoms with Crippen LogP contribution in [-0.2, 0) is 17.7 Å². The van der Waals surface area contributed by atoms with Gasteiger partial charge in [-0.05, 0) is 49.8 Å². The summed E-state index contributed by atoms with van der Waals surface area (Å²) in [6.07, 6.45) is 1.30. The van der Waals surface area contributed by atoms with Gasteiger partial charge in [0.15, 0.2) is 5.82 Å². The Bertz CT molecular complexity index is 1220. The molecule has 4 N–H and O–H groups in total. The molecule has 3 amide bonds. The van der Waals surface area contributed by atoms with E-state index in [1.165, 1.54) is 18.3 Å². The molecule has 0 aliphatic carbocycles. The highest BCUT2D eigenvalue weighted by Gasteiger charge is 2.20. The minimum absolute atomic E-state index is 0.0194. The molecule has 0 aliphatic rings. The molecule has 8 nitrogen and oxygen atoms in total. The summed E-state index contributed by atoms with van der Waals surface area (Å²) in [5.41, 5.74) is 6.96. The smallest absolute Gasteiger partial charge is 0.411 e. The minimum Gasteiger partial charge on any atom is -0.449 e. The van der Waals surface area contributed by atoms with E-state index in [2.05, 4.69) is 15.6 Å². The molecule has 0 saturated carbocycles. The van der Waals surface area contributed by atoms with Gasteiger partial charge in [-0.2, -0.15) is 0 Å². The number of ether oxygens (including phenoxy) is 1. The van der Waals surface area contributed by atoms with Crippen LogP contribution in [0.3, 0.4) is 0 Å². The van der Waals surface area contributed by atoms with Crippen LogP contribution in [0, 0.1) is 11.6 Å². The lowest BCUT2D eigenvalue weighted by Crippen LogP contribution is -2.29. The Labute approximate surface area is 208 Å². The van der Waals surface area contributed by atoms with E-state index in [-0.39, 0.29) is 36.4 Å². The number of amides is 3. The predicted octanol–water partition coefficient (Wildman–Crippen LogP) is 4.29. The number of urea groups is 1. The van der Waals surface area contributed by atoms with Crippen molar-refractivity contribution in [3.63, 3.8) is 0 Å². The lowest BCUT2D eigenvalue weighted by molar-refractivity contribution is 0.156. The number of benzene rings is 2. The van der Waals surface area contributed by atoms with E-state index in [0.29, 0.717) is 23.2 Å². The van der Waals surface area contributed by atoms with Crippen molar-refractivity contribution >= 4 is 17.8 Å². The van der Waals surface area contributed by atoms with Crippen molar-refractivity contribution in [1.82, 2.24) is 15.2 Å². The van der Waals surface area contributed by atoms with Crippen LogP contribution in [0.1, 0.15) is 23.2 Å². The van der Waals surface area contributed by atoms with Gasteiger partial charge in [0.1, 0.15) is 5.82 Å². The number of hydrogen-bond acceptors (Lipinski definition) is 5. The highest BCUT2D eigenvalue weighted by molar-refractivity contribution is 5.86. The van der Waals surface area contributed by atoms with Gasteiger partial charge in [0, 0.05) is 30.3 Å². The number of pyridine rings is 1. The van der Waals surface area contributed by atoms with Gasteiger partial charge in [-0.15, -0.1) is 0 Å². The fraction of sp³-hybridized carbons (Fsp3) is 0.269. The standard InChI is InChI=1S/C26H29F2N5O3/c1-33(2)13-6-14-36-26(35)32-22-11-10-18(19-8-5-12-30-23(19)16-31-25(29)34)20(24(22)28)15-17-7-3-4-9-21(17)27/h3-5,7-12H,6,13-16H2,1-2H3,(H,32,35)(H3,29,31,34). The van der Waals surface area contributed by atoms with Gasteiger partial charge in [0.25, 0.3) is 0 Å². The van der Waals surface area contributed by atoms with Crippen molar-refractivity contribution in [2.45, 2.75) is 19.4 Å². The van der Waals surface area contributed by atoms with Crippen LogP contribution in [0.5, 0.6) is 0 Å². The highest BCUT2D eigenvalue weighted by Crippen LogP contribution is 2.33. The maximum Gasteiger partial charge on any atom is 0.411 e. The molecular weight excluding hydrogens is 468 g/mol. The van der Waals surface area contributed by atoms with Crippen molar-refractivity contribution in [2.24, 2.45) is 5.73 Å². The average molecular weight is 498 g/mol. The number of hydrogen-bond donors (Lipinski definition) is 3. The van der Waals surface area contributed by atoms with Gasteiger partial charge < -0.3 is 20.7 Å². The lowest BCUT2D eigenvalue weighted by atomic mass is 9.92. The van der Waals surface area contributed by atoms with Crippen LogP contribution in [-0.4, -0.2) is 49.3 Å². The summed E-state index contributed by atoms with van der Waals surface area (Å²) in [4.78, 5) is 29.7. The predicted molar refractivity (Wildman–Crippen MR) is 133 cm³/mol. The zero-order chi connectivity index (χ0) is 26.1. The number of nitrogens with one attached hydrogen (secondary N) is 2. The van der Waals surface area contributed by atoms with E-state index in [9.17, 15) is 14.0 Å². The van der Waals surface area contributed by atoms with E-state index < -0.39 is 23.8 Å². The first-order chi connectivity index (χ1) is 17.3. The first kappa shape index (κ1) is 26.6. The Morgan fingerprint density at radius 3 is 2.56 bits per heavy atom. The molecule has 3 aromatic rings. The summed E-state index contributed by atoms with van der Waals surface area (Å²) in [5.74, 6) is -1.21. The van der Waals surface area contributed by atoms with E-state index >= 15 is 4.39 Å². The molecule has 0 unspecified atom stereocenters. The first-order valence-corrected chi connectivity index (χ1v) is 11.4. The molecule has 0 fully saturated rings. The molecule has 1 heterocycles. The van der Waals surface area contributed by atoms with E-state index in [0.717, 1.165) is 6.54 Å². The van der Waals surface area contributed by atoms with Crippen LogP contribution in [0.2, 0.25) is 0 Å². The molecule has 2 aromatic carbocycles. The van der Waals surface area contributed by atoms with Gasteiger partial charge in [-0.3, -0.25) is 10.3 Å². The Morgan fingerprint density at radius 2 is 1.83 bits per heavy atom. The van der Waals surface area contributed by atoms with Crippen LogP contribution in [0.15, 0.2) is 54.7 Å². The Kier molecular flexibility index (Phi) is 9.29. The molecule has 0 saturated heterocycles. The molecule has 0 bridgehead atoms. The van der Waals surface area contributed by atoms with Crippen molar-refractivity contribution in [2.75, 3.05) is 32.6 Å². The number of aromatic nitrogens is 1. The normalized spacial score (nSPS) is 10.8. The molecule has 0 atom stereocenters. The maximum atomic E-state index is 15.8. The highest BCUT2D eigenvalue weighted by atomic mass is 19.1. The largest absolute Gasteiger partial charge is 0.449 e. The van der Waals surface area contributed by atoms with Crippen LogP contribution in [0.25, 0.3) is 11.1 Å². The SMILES string of the molecule is CN(C)CCCOC(=O)Nc1ccc(-c2cccnc2CNC(N)=O)c(Cc2ccccc2F)c1F. The van der Waals surface area contributed by atoms with Gasteiger partial charge in [-0.25, -0.2) is 18.4 Å². The third-order valence-corrected chi connectivity index (χ3v) is 5.40. The second kappa shape index (κ2) is 12.6. The second-order valence-electron chi connectivity index (χ2n) is 8.35. The summed E-state index contributed by atoms with van der Waals surface area (Å²) in [6, 6.07) is 11.8. The van der Waals surface area contributed by atoms with Gasteiger partial charge in [-0.1, -0.05) is 30.3 Å². The van der Waals surface area contributed by atoms with Crippen LogP contribution < -0.4 is 16.4 Å². The zero-order valence-electron chi connectivity index (χ0n) is 20.2. The van der Waals surface area contributed by atoms with Crippen molar-refractivity contribution < 1.29 is 23.1 Å². The molecule has 36 heavy (non-hydrogen) atoms. The minimum atomic E-state index is -0.787. The fourth-order valence-electron chi connectivity index (χ4n) is 3.66. The zero-order valence-corrected chi connectivity index (χ0v) is 20.2. The first-order valence-electron chi connectivity index (χ1n) is 11.4. The van der Waals surface area contributed by atoms with E-state index in [1.807, 2.05) is 19.0 Å². The summed E-state index contributed by atoms with van der Waals surface area (Å²) >= 11 is 0. The van der Waals surface area contributed by atoms with E-state index in [1.54, 1.807) is 36.4 Å². The van der Waals surface area contributed by atoms with Crippen molar-refractivity contribution in [1.29, 1.82) is 0 Å². The van der Waals surface area contributed by atoms with Crippen molar-refractivity contribution in [3.8, 4) is 11.1 Å². The Hall–Kier alpha value is -4.05. The number of nitrogens with two attached hydrogens (primary N) is 1. The number of primary amides is 1. The Balaban J connectivity index is 1.96. The number of carbonyl (C=O) groups is 2. The molecule has 3 rings (SSSR count). The molecule has 1 aromatic heterocycles. The van der Waals surface area contributed by atoms with Crippen LogP contribution in [0.4, 0.5) is 24.1 Å². The van der Waals surface area contributed by atoms with E-state index in [4.69, 9.17) is 10.5 Å². The number of halogens is 2. The third kappa shape index (κ3) is 7.22. The second-order valence-corrected chi connectivity index (χ2v) is 8.35. The van der Waals surface area contributed by atoms with Gasteiger partial charge in [0.05, 0.1) is 24.5 Å². The molecule has 0 radical (unpaired) electrons. The summed E-state index contributed by atoms with van der Waals surface area (Å²) in [7, 11) is 3.82. The van der Waals surface area contributed by atoms with Crippen molar-refractivity contribution in [3.05, 3.63) is 83.2 Å². The van der Waals surface area contributed by atoms with Gasteiger partial charge >= 0.3 is 12.1 Å². The molecular formula is C26H29F2N5O3. The third-order valence-electron chi connectivity index (χ3n) is 5.40. The summed E-state index contributed by atoms with van der Waals surface area (Å²) in [6.45, 7) is 0.935. The average Bonchev–Trinajstić information content (AvgIpc) is 2.84. The summed E-state index contributed by atoms with van der Waals surface area (Å²) < 4.78 is 35.5. The molecule has 10 heteroatoms.